The molecule has 1 aliphatic rings. The molecule has 0 atom stereocenters. The van der Waals surface area contributed by atoms with Gasteiger partial charge in [0.2, 0.25) is 0 Å². The Labute approximate surface area is 63.4 Å². The number of rotatable bonds is 0. The Kier molecular flexibility index (Phi) is 1.09. The van der Waals surface area contributed by atoms with E-state index in [4.69, 9.17) is 5.73 Å². The lowest BCUT2D eigenvalue weighted by molar-refractivity contribution is 0.0966. The van der Waals surface area contributed by atoms with Crippen LogP contribution in [0.1, 0.15) is 15.9 Å². The molecule has 0 spiro atoms. The van der Waals surface area contributed by atoms with Gasteiger partial charge in [-0.05, 0) is 11.6 Å². The van der Waals surface area contributed by atoms with Crippen LogP contribution in [0.15, 0.2) is 12.3 Å². The highest BCUT2D eigenvalue weighted by Crippen LogP contribution is 2.18. The van der Waals surface area contributed by atoms with Gasteiger partial charge < -0.3 is 11.1 Å². The van der Waals surface area contributed by atoms with Crippen molar-refractivity contribution in [3.05, 3.63) is 23.4 Å². The van der Waals surface area contributed by atoms with Crippen LogP contribution in [0.5, 0.6) is 0 Å². The average molecular weight is 149 g/mol. The van der Waals surface area contributed by atoms with Crippen molar-refractivity contribution in [2.24, 2.45) is 0 Å². The molecule has 56 valence electrons. The molecule has 2 heterocycles. The molecular weight excluding hydrogens is 142 g/mol. The molecule has 1 aromatic heterocycles. The maximum atomic E-state index is 11.1. The van der Waals surface area contributed by atoms with Gasteiger partial charge >= 0.3 is 0 Å². The first-order chi connectivity index (χ1) is 5.29. The largest absolute Gasteiger partial charge is 0.383 e. The van der Waals surface area contributed by atoms with Crippen molar-refractivity contribution in [1.82, 2.24) is 10.3 Å². The van der Waals surface area contributed by atoms with Crippen molar-refractivity contribution in [3.63, 3.8) is 0 Å². The van der Waals surface area contributed by atoms with Crippen LogP contribution in [0.4, 0.5) is 5.82 Å². The number of nitrogens with two attached hydrogens (primary N) is 1. The monoisotopic (exact) mass is 149 g/mol. The van der Waals surface area contributed by atoms with Crippen molar-refractivity contribution < 1.29 is 4.79 Å². The molecular formula is C7H7N3O. The molecule has 0 saturated carbocycles. The van der Waals surface area contributed by atoms with Gasteiger partial charge in [-0.15, -0.1) is 0 Å². The molecule has 4 nitrogen and oxygen atoms in total. The highest BCUT2D eigenvalue weighted by Gasteiger charge is 2.21. The SMILES string of the molecule is Nc1nccc2c1C(=O)NC2. The molecule has 2 rings (SSSR count). The first-order valence-corrected chi connectivity index (χ1v) is 3.30. The topological polar surface area (TPSA) is 68.0 Å². The van der Waals surface area contributed by atoms with E-state index < -0.39 is 0 Å². The Morgan fingerprint density at radius 3 is 3.18 bits per heavy atom. The number of anilines is 1. The summed E-state index contributed by atoms with van der Waals surface area (Å²) in [5.74, 6) is 0.197. The number of hydrogen-bond acceptors (Lipinski definition) is 3. The molecule has 1 aromatic rings. The van der Waals surface area contributed by atoms with Crippen LogP contribution < -0.4 is 11.1 Å². The molecule has 0 aromatic carbocycles. The zero-order chi connectivity index (χ0) is 7.84. The number of hydrogen-bond donors (Lipinski definition) is 2. The molecule has 0 saturated heterocycles. The third-order valence-electron chi connectivity index (χ3n) is 1.73. The molecule has 0 aliphatic carbocycles. The van der Waals surface area contributed by atoms with Crippen LogP contribution in [-0.4, -0.2) is 10.9 Å². The van der Waals surface area contributed by atoms with Crippen LogP contribution >= 0.6 is 0 Å². The minimum atomic E-state index is -0.120. The van der Waals surface area contributed by atoms with Crippen molar-refractivity contribution in [1.29, 1.82) is 0 Å². The minimum Gasteiger partial charge on any atom is -0.383 e. The van der Waals surface area contributed by atoms with E-state index in [9.17, 15) is 4.79 Å². The zero-order valence-electron chi connectivity index (χ0n) is 5.79. The minimum absolute atomic E-state index is 0.120. The second kappa shape index (κ2) is 1.95. The molecule has 11 heavy (non-hydrogen) atoms. The Morgan fingerprint density at radius 2 is 2.45 bits per heavy atom. The lowest BCUT2D eigenvalue weighted by Gasteiger charge is -1.96. The number of fused-ring (bicyclic) bond motifs is 1. The predicted molar refractivity (Wildman–Crippen MR) is 39.8 cm³/mol. The standard InChI is InChI=1S/C7H7N3O/c8-6-5-4(1-2-9-6)3-10-7(5)11/h1-2H,3H2,(H2,8,9)(H,10,11). The van der Waals surface area contributed by atoms with Gasteiger partial charge in [-0.3, -0.25) is 4.79 Å². The van der Waals surface area contributed by atoms with E-state index >= 15 is 0 Å². The maximum absolute atomic E-state index is 11.1. The Bertz CT molecular complexity index is 321. The average Bonchev–Trinajstić information content (AvgIpc) is 2.34. The van der Waals surface area contributed by atoms with Crippen LogP contribution in [0.25, 0.3) is 0 Å². The quantitative estimate of drug-likeness (QED) is 0.541. The molecule has 0 radical (unpaired) electrons. The number of nitrogens with one attached hydrogen (secondary N) is 1. The number of nitrogens with zero attached hydrogens (tertiary/aromatic N) is 1. The van der Waals surface area contributed by atoms with E-state index in [1.54, 1.807) is 12.3 Å². The summed E-state index contributed by atoms with van der Waals surface area (Å²) in [7, 11) is 0. The van der Waals surface area contributed by atoms with Gasteiger partial charge in [0.1, 0.15) is 5.82 Å². The summed E-state index contributed by atoms with van der Waals surface area (Å²) in [6, 6.07) is 1.80. The number of amides is 1. The Hall–Kier alpha value is -1.58. The van der Waals surface area contributed by atoms with Crippen molar-refractivity contribution in [2.75, 3.05) is 5.73 Å². The molecule has 0 bridgehead atoms. The molecule has 1 amide bonds. The van der Waals surface area contributed by atoms with E-state index in [0.29, 0.717) is 17.9 Å². The summed E-state index contributed by atoms with van der Waals surface area (Å²) < 4.78 is 0. The number of aromatic nitrogens is 1. The molecule has 0 unspecified atom stereocenters. The van der Waals surface area contributed by atoms with Crippen LogP contribution in [-0.2, 0) is 6.54 Å². The maximum Gasteiger partial charge on any atom is 0.255 e. The first-order valence-electron chi connectivity index (χ1n) is 3.30. The highest BCUT2D eigenvalue weighted by atomic mass is 16.1. The first kappa shape index (κ1) is 6.15. The summed E-state index contributed by atoms with van der Waals surface area (Å²) in [5.41, 5.74) is 6.96. The summed E-state index contributed by atoms with van der Waals surface area (Å²) in [6.07, 6.45) is 1.61. The van der Waals surface area contributed by atoms with Crippen molar-refractivity contribution in [3.8, 4) is 0 Å². The smallest absolute Gasteiger partial charge is 0.255 e. The van der Waals surface area contributed by atoms with Crippen molar-refractivity contribution >= 4 is 11.7 Å². The van der Waals surface area contributed by atoms with Crippen LogP contribution in [0, 0.1) is 0 Å². The van der Waals surface area contributed by atoms with Gasteiger partial charge in [0.25, 0.3) is 5.91 Å². The van der Waals surface area contributed by atoms with Crippen LogP contribution in [0.2, 0.25) is 0 Å². The highest BCUT2D eigenvalue weighted by molar-refractivity contribution is 6.02. The van der Waals surface area contributed by atoms with E-state index in [0.717, 1.165) is 5.56 Å². The van der Waals surface area contributed by atoms with Crippen LogP contribution in [0.3, 0.4) is 0 Å². The summed E-state index contributed by atoms with van der Waals surface area (Å²) in [5, 5.41) is 2.67. The number of carbonyl (C=O) groups is 1. The lowest BCUT2D eigenvalue weighted by Crippen LogP contribution is -2.13. The van der Waals surface area contributed by atoms with Gasteiger partial charge in [0.05, 0.1) is 5.56 Å². The number of pyridine rings is 1. The Balaban J connectivity index is 2.68. The fourth-order valence-corrected chi connectivity index (χ4v) is 1.19. The third kappa shape index (κ3) is 0.756. The molecule has 0 fully saturated rings. The van der Waals surface area contributed by atoms with Crippen molar-refractivity contribution in [2.45, 2.75) is 6.54 Å². The van der Waals surface area contributed by atoms with E-state index in [-0.39, 0.29) is 5.91 Å². The number of carbonyl (C=O) groups excluding carboxylic acids is 1. The fraction of sp³-hybridized carbons (Fsp3) is 0.143. The summed E-state index contributed by atoms with van der Waals surface area (Å²) in [6.45, 7) is 0.570. The van der Waals surface area contributed by atoms with Gasteiger partial charge in [0.15, 0.2) is 0 Å². The number of nitrogen functional groups attached to an aromatic ring is 1. The van der Waals surface area contributed by atoms with Gasteiger partial charge in [-0.1, -0.05) is 0 Å². The van der Waals surface area contributed by atoms with E-state index in [1.807, 2.05) is 0 Å². The second-order valence-corrected chi connectivity index (χ2v) is 2.41. The zero-order valence-corrected chi connectivity index (χ0v) is 5.79. The predicted octanol–water partition coefficient (Wildman–Crippen LogP) is -0.0928. The molecule has 3 N–H and O–H groups in total. The van der Waals surface area contributed by atoms with E-state index in [2.05, 4.69) is 10.3 Å². The summed E-state index contributed by atoms with van der Waals surface area (Å²) >= 11 is 0. The molecule has 4 heteroatoms. The van der Waals surface area contributed by atoms with E-state index in [1.165, 1.54) is 0 Å². The van der Waals surface area contributed by atoms with Gasteiger partial charge in [-0.25, -0.2) is 4.98 Å². The normalized spacial score (nSPS) is 14.4. The van der Waals surface area contributed by atoms with Gasteiger partial charge in [-0.2, -0.15) is 0 Å². The third-order valence-corrected chi connectivity index (χ3v) is 1.73. The Morgan fingerprint density at radius 1 is 1.64 bits per heavy atom. The fourth-order valence-electron chi connectivity index (χ4n) is 1.19. The van der Waals surface area contributed by atoms with Gasteiger partial charge in [0, 0.05) is 12.7 Å². The molecule has 1 aliphatic heterocycles. The second-order valence-electron chi connectivity index (χ2n) is 2.41. The summed E-state index contributed by atoms with van der Waals surface area (Å²) in [4.78, 5) is 14.9. The lowest BCUT2D eigenvalue weighted by atomic mass is 10.2.